The maximum absolute atomic E-state index is 11.9. The van der Waals surface area contributed by atoms with E-state index in [1.165, 1.54) is 6.26 Å². The van der Waals surface area contributed by atoms with Gasteiger partial charge >= 0.3 is 0 Å². The molecule has 10 heteroatoms. The van der Waals surface area contributed by atoms with Crippen LogP contribution in [0.1, 0.15) is 28.8 Å². The Hall–Kier alpha value is -1.40. The first-order valence-electron chi connectivity index (χ1n) is 9.41. The van der Waals surface area contributed by atoms with Crippen LogP contribution in [0.25, 0.3) is 0 Å². The predicted octanol–water partition coefficient (Wildman–Crippen LogP) is 1.34. The number of carbonyl (C=O) groups is 1. The molecule has 0 saturated carbocycles. The molecule has 164 valence electrons. The van der Waals surface area contributed by atoms with Gasteiger partial charge in [0, 0.05) is 52.9 Å². The van der Waals surface area contributed by atoms with Crippen LogP contribution in [0.4, 0.5) is 0 Å². The molecule has 0 atom stereocenters. The van der Waals surface area contributed by atoms with E-state index in [1.807, 2.05) is 24.3 Å². The number of guanidine groups is 1. The van der Waals surface area contributed by atoms with E-state index < -0.39 is 10.0 Å². The third kappa shape index (κ3) is 8.09. The number of amides is 1. The summed E-state index contributed by atoms with van der Waals surface area (Å²) in [5.41, 5.74) is 1.72. The number of benzene rings is 1. The van der Waals surface area contributed by atoms with Gasteiger partial charge in [0.1, 0.15) is 0 Å². The van der Waals surface area contributed by atoms with Crippen LogP contribution in [0, 0.1) is 5.92 Å². The molecule has 1 saturated heterocycles. The number of nitrogens with one attached hydrogen (secondary N) is 2. The second-order valence-corrected chi connectivity index (χ2v) is 9.29. The van der Waals surface area contributed by atoms with Crippen LogP contribution in [-0.2, 0) is 16.6 Å². The molecule has 29 heavy (non-hydrogen) atoms. The van der Waals surface area contributed by atoms with Crippen molar-refractivity contribution in [3.05, 3.63) is 35.4 Å². The molecule has 0 bridgehead atoms. The summed E-state index contributed by atoms with van der Waals surface area (Å²) >= 11 is 0. The second-order valence-electron chi connectivity index (χ2n) is 7.31. The maximum Gasteiger partial charge on any atom is 0.253 e. The second kappa shape index (κ2) is 11.7. The van der Waals surface area contributed by atoms with Crippen LogP contribution in [0.5, 0.6) is 0 Å². The minimum Gasteiger partial charge on any atom is -0.356 e. The molecule has 2 N–H and O–H groups in total. The number of aliphatic imine (C=N–C) groups is 1. The average molecular weight is 537 g/mol. The summed E-state index contributed by atoms with van der Waals surface area (Å²) in [5.74, 6) is 1.12. The van der Waals surface area contributed by atoms with E-state index in [0.29, 0.717) is 37.1 Å². The molecule has 0 unspecified atom stereocenters. The lowest BCUT2D eigenvalue weighted by atomic mass is 9.98. The van der Waals surface area contributed by atoms with E-state index in [1.54, 1.807) is 30.3 Å². The van der Waals surface area contributed by atoms with Crippen molar-refractivity contribution >= 4 is 45.9 Å². The molecule has 1 fully saturated rings. The monoisotopic (exact) mass is 537 g/mol. The molecule has 2 rings (SSSR count). The molecule has 1 aromatic carbocycles. The number of hydrogen-bond donors (Lipinski definition) is 2. The summed E-state index contributed by atoms with van der Waals surface area (Å²) in [6.07, 6.45) is 2.96. The van der Waals surface area contributed by atoms with Gasteiger partial charge in [-0.1, -0.05) is 12.1 Å². The Bertz CT molecular complexity index is 789. The molecule has 8 nitrogen and oxygen atoms in total. The SMILES string of the molecule is CN=C(NCc1ccc(C(=O)N(C)C)cc1)NCC1CCN(S(C)(=O)=O)CC1.I. The van der Waals surface area contributed by atoms with Gasteiger partial charge in [-0.15, -0.1) is 24.0 Å². The number of nitrogens with zero attached hydrogens (tertiary/aromatic N) is 3. The molecule has 1 aromatic rings. The van der Waals surface area contributed by atoms with Crippen molar-refractivity contribution in [3.8, 4) is 0 Å². The van der Waals surface area contributed by atoms with Gasteiger partial charge in [-0.05, 0) is 36.5 Å². The van der Waals surface area contributed by atoms with Crippen molar-refractivity contribution in [1.29, 1.82) is 0 Å². The van der Waals surface area contributed by atoms with Crippen molar-refractivity contribution in [3.63, 3.8) is 0 Å². The quantitative estimate of drug-likeness (QED) is 0.325. The van der Waals surface area contributed by atoms with Crippen molar-refractivity contribution in [2.24, 2.45) is 10.9 Å². The van der Waals surface area contributed by atoms with Crippen molar-refractivity contribution in [1.82, 2.24) is 19.8 Å². The van der Waals surface area contributed by atoms with Gasteiger partial charge in [0.05, 0.1) is 6.26 Å². The summed E-state index contributed by atoms with van der Waals surface area (Å²) in [7, 11) is 2.11. The normalized spacial score (nSPS) is 16.1. The van der Waals surface area contributed by atoms with Crippen LogP contribution in [-0.4, -0.2) is 76.5 Å². The Morgan fingerprint density at radius 3 is 2.24 bits per heavy atom. The van der Waals surface area contributed by atoms with E-state index >= 15 is 0 Å². The molecule has 1 aliphatic rings. The molecule has 1 aliphatic heterocycles. The smallest absolute Gasteiger partial charge is 0.253 e. The van der Waals surface area contributed by atoms with E-state index in [0.717, 1.165) is 24.9 Å². The van der Waals surface area contributed by atoms with Crippen molar-refractivity contribution < 1.29 is 13.2 Å². The van der Waals surface area contributed by atoms with Gasteiger partial charge in [-0.25, -0.2) is 12.7 Å². The number of hydrogen-bond acceptors (Lipinski definition) is 4. The molecular formula is C19H32IN5O3S. The highest BCUT2D eigenvalue weighted by molar-refractivity contribution is 14.0. The topological polar surface area (TPSA) is 94.1 Å². The van der Waals surface area contributed by atoms with Gasteiger partial charge in [-0.2, -0.15) is 0 Å². The van der Waals surface area contributed by atoms with E-state index in [-0.39, 0.29) is 29.9 Å². The lowest BCUT2D eigenvalue weighted by Crippen LogP contribution is -2.43. The Kier molecular flexibility index (Phi) is 10.3. The van der Waals surface area contributed by atoms with Crippen molar-refractivity contribution in [2.75, 3.05) is 47.0 Å². The number of sulfonamides is 1. The summed E-state index contributed by atoms with van der Waals surface area (Å²) in [6, 6.07) is 7.51. The van der Waals surface area contributed by atoms with Crippen LogP contribution >= 0.6 is 24.0 Å². The lowest BCUT2D eigenvalue weighted by molar-refractivity contribution is 0.0827. The third-order valence-corrected chi connectivity index (χ3v) is 6.19. The molecule has 0 aliphatic carbocycles. The average Bonchev–Trinajstić information content (AvgIpc) is 2.67. The zero-order valence-corrected chi connectivity index (χ0v) is 20.7. The van der Waals surface area contributed by atoms with Gasteiger partial charge in [0.2, 0.25) is 10.0 Å². The minimum atomic E-state index is -3.08. The largest absolute Gasteiger partial charge is 0.356 e. The first kappa shape index (κ1) is 25.6. The number of carbonyl (C=O) groups excluding carboxylic acids is 1. The maximum atomic E-state index is 11.9. The Morgan fingerprint density at radius 1 is 1.17 bits per heavy atom. The van der Waals surface area contributed by atoms with Crippen LogP contribution in [0.15, 0.2) is 29.3 Å². The number of piperidine rings is 1. The zero-order valence-electron chi connectivity index (χ0n) is 17.5. The standard InChI is InChI=1S/C19H31N5O3S.HI/c1-20-19(22-14-16-9-11-24(12-10-16)28(4,26)27)21-13-15-5-7-17(8-6-15)18(25)23(2)3;/h5-8,16H,9-14H2,1-4H3,(H2,20,21,22);1H. The van der Waals surface area contributed by atoms with E-state index in [4.69, 9.17) is 0 Å². The Balaban J connectivity index is 0.00000420. The molecule has 1 amide bonds. The molecular weight excluding hydrogens is 505 g/mol. The fraction of sp³-hybridized carbons (Fsp3) is 0.579. The van der Waals surface area contributed by atoms with E-state index in [2.05, 4.69) is 15.6 Å². The fourth-order valence-electron chi connectivity index (χ4n) is 3.12. The van der Waals surface area contributed by atoms with Crippen molar-refractivity contribution in [2.45, 2.75) is 19.4 Å². The Labute approximate surface area is 191 Å². The van der Waals surface area contributed by atoms with Gasteiger partial charge in [0.15, 0.2) is 5.96 Å². The highest BCUT2D eigenvalue weighted by Crippen LogP contribution is 2.18. The molecule has 0 radical (unpaired) electrons. The molecule has 1 heterocycles. The fourth-order valence-corrected chi connectivity index (χ4v) is 3.99. The van der Waals surface area contributed by atoms with E-state index in [9.17, 15) is 13.2 Å². The third-order valence-electron chi connectivity index (χ3n) is 4.89. The minimum absolute atomic E-state index is 0. The highest BCUT2D eigenvalue weighted by atomic mass is 127. The zero-order chi connectivity index (χ0) is 20.7. The van der Waals surface area contributed by atoms with Crippen LogP contribution in [0.3, 0.4) is 0 Å². The number of halogens is 1. The van der Waals surface area contributed by atoms with Crippen LogP contribution in [0.2, 0.25) is 0 Å². The lowest BCUT2D eigenvalue weighted by Gasteiger charge is -2.30. The summed E-state index contributed by atoms with van der Waals surface area (Å²) in [5, 5.41) is 6.58. The van der Waals surface area contributed by atoms with Gasteiger partial charge < -0.3 is 15.5 Å². The van der Waals surface area contributed by atoms with Gasteiger partial charge in [0.25, 0.3) is 5.91 Å². The van der Waals surface area contributed by atoms with Crippen LogP contribution < -0.4 is 10.6 Å². The molecule has 0 spiro atoms. The highest BCUT2D eigenvalue weighted by Gasteiger charge is 2.24. The summed E-state index contributed by atoms with van der Waals surface area (Å²) < 4.78 is 24.7. The first-order chi connectivity index (χ1) is 13.2. The Morgan fingerprint density at radius 2 is 1.76 bits per heavy atom. The number of rotatable bonds is 6. The summed E-state index contributed by atoms with van der Waals surface area (Å²) in [6.45, 7) is 2.51. The summed E-state index contributed by atoms with van der Waals surface area (Å²) in [4.78, 5) is 17.7. The first-order valence-corrected chi connectivity index (χ1v) is 11.3. The van der Waals surface area contributed by atoms with Gasteiger partial charge in [-0.3, -0.25) is 9.79 Å². The predicted molar refractivity (Wildman–Crippen MR) is 127 cm³/mol. The molecule has 0 aromatic heterocycles.